The van der Waals surface area contributed by atoms with Gasteiger partial charge in [0.15, 0.2) is 0 Å². The summed E-state index contributed by atoms with van der Waals surface area (Å²) in [6.45, 7) is 2.09. The summed E-state index contributed by atoms with van der Waals surface area (Å²) in [6.07, 6.45) is 0.879. The molecule has 2 N–H and O–H groups in total. The summed E-state index contributed by atoms with van der Waals surface area (Å²) >= 11 is 0. The molecule has 0 atom stereocenters. The lowest BCUT2D eigenvalue weighted by atomic mass is 10.0. The quantitative estimate of drug-likeness (QED) is 0.739. The number of anilines is 1. The molecule has 3 rings (SSSR count). The molecular formula is C15H14N2. The van der Waals surface area contributed by atoms with Gasteiger partial charge in [-0.15, -0.1) is 0 Å². The normalized spacial score (nSPS) is 13.4. The first-order chi connectivity index (χ1) is 8.24. The molecule has 0 spiro atoms. The Labute approximate surface area is 101 Å². The molecule has 0 saturated carbocycles. The van der Waals surface area contributed by atoms with E-state index in [1.807, 2.05) is 24.3 Å². The van der Waals surface area contributed by atoms with Crippen LogP contribution in [0.15, 0.2) is 47.5 Å². The minimum atomic E-state index is 0.802. The summed E-state index contributed by atoms with van der Waals surface area (Å²) in [5.74, 6) is 0. The molecule has 2 heteroatoms. The van der Waals surface area contributed by atoms with Gasteiger partial charge in [0.1, 0.15) is 0 Å². The molecule has 0 aliphatic carbocycles. The van der Waals surface area contributed by atoms with Crippen LogP contribution in [0.5, 0.6) is 0 Å². The van der Waals surface area contributed by atoms with Crippen molar-refractivity contribution in [3.8, 4) is 0 Å². The molecule has 0 unspecified atom stereocenters. The van der Waals surface area contributed by atoms with Gasteiger partial charge in [-0.05, 0) is 30.2 Å². The van der Waals surface area contributed by atoms with Crippen molar-refractivity contribution in [1.82, 2.24) is 0 Å². The van der Waals surface area contributed by atoms with Gasteiger partial charge >= 0.3 is 0 Å². The maximum atomic E-state index is 5.98. The average Bonchev–Trinajstić information content (AvgIpc) is 2.72. The molecule has 84 valence electrons. The van der Waals surface area contributed by atoms with Crippen molar-refractivity contribution in [2.24, 2.45) is 4.99 Å². The molecule has 0 radical (unpaired) electrons. The van der Waals surface area contributed by atoms with Crippen LogP contribution in [0.25, 0.3) is 0 Å². The van der Waals surface area contributed by atoms with Crippen LogP contribution in [0, 0.1) is 6.92 Å². The van der Waals surface area contributed by atoms with Crippen molar-refractivity contribution in [2.75, 3.05) is 5.73 Å². The third-order valence-corrected chi connectivity index (χ3v) is 3.13. The molecule has 17 heavy (non-hydrogen) atoms. The van der Waals surface area contributed by atoms with Gasteiger partial charge in [0, 0.05) is 17.7 Å². The molecule has 1 aliphatic heterocycles. The van der Waals surface area contributed by atoms with Gasteiger partial charge in [-0.1, -0.05) is 30.3 Å². The van der Waals surface area contributed by atoms with E-state index in [9.17, 15) is 0 Å². The van der Waals surface area contributed by atoms with E-state index in [1.54, 1.807) is 0 Å². The Kier molecular flexibility index (Phi) is 2.22. The third-order valence-electron chi connectivity index (χ3n) is 3.13. The number of nitrogens with two attached hydrogens (primary N) is 1. The molecule has 0 aromatic heterocycles. The molecule has 1 aliphatic rings. The van der Waals surface area contributed by atoms with Gasteiger partial charge in [0.25, 0.3) is 0 Å². The van der Waals surface area contributed by atoms with Gasteiger partial charge in [-0.25, -0.2) is 0 Å². The molecule has 2 nitrogen and oxygen atoms in total. The Morgan fingerprint density at radius 1 is 1.12 bits per heavy atom. The minimum Gasteiger partial charge on any atom is -0.398 e. The highest BCUT2D eigenvalue weighted by Crippen LogP contribution is 2.30. The molecule has 0 fully saturated rings. The fourth-order valence-corrected chi connectivity index (χ4v) is 2.21. The number of para-hydroxylation sites is 1. The van der Waals surface area contributed by atoms with Crippen LogP contribution in [0.3, 0.4) is 0 Å². The van der Waals surface area contributed by atoms with Crippen LogP contribution in [0.1, 0.15) is 16.7 Å². The standard InChI is InChI=1S/C15H14N2/c1-10-6-7-11-9-15(17-14(11)8-10)12-4-2-3-5-13(12)16/h2-8H,9,16H2,1H3. The zero-order valence-electron chi connectivity index (χ0n) is 9.77. The second-order valence-electron chi connectivity index (χ2n) is 4.45. The van der Waals surface area contributed by atoms with E-state index in [-0.39, 0.29) is 0 Å². The number of nitrogen functional groups attached to an aromatic ring is 1. The predicted molar refractivity (Wildman–Crippen MR) is 71.9 cm³/mol. The fourth-order valence-electron chi connectivity index (χ4n) is 2.21. The van der Waals surface area contributed by atoms with Crippen molar-refractivity contribution in [3.05, 3.63) is 59.2 Å². The number of nitrogens with zero attached hydrogens (tertiary/aromatic N) is 1. The molecule has 1 heterocycles. The smallest absolute Gasteiger partial charge is 0.0671 e. The van der Waals surface area contributed by atoms with Crippen LogP contribution in [-0.2, 0) is 6.42 Å². The number of hydrogen-bond acceptors (Lipinski definition) is 2. The van der Waals surface area contributed by atoms with Gasteiger partial charge in [0.2, 0.25) is 0 Å². The van der Waals surface area contributed by atoms with Crippen molar-refractivity contribution in [3.63, 3.8) is 0 Å². The molecular weight excluding hydrogens is 208 g/mol. The lowest BCUT2D eigenvalue weighted by Gasteiger charge is -2.03. The van der Waals surface area contributed by atoms with Crippen LogP contribution in [-0.4, -0.2) is 5.71 Å². The Bertz CT molecular complexity index is 612. The summed E-state index contributed by atoms with van der Waals surface area (Å²) < 4.78 is 0. The molecule has 0 bridgehead atoms. The molecule has 0 amide bonds. The van der Waals surface area contributed by atoms with E-state index >= 15 is 0 Å². The molecule has 2 aromatic carbocycles. The highest BCUT2D eigenvalue weighted by atomic mass is 14.8. The summed E-state index contributed by atoms with van der Waals surface area (Å²) in [6, 6.07) is 14.3. The second-order valence-corrected chi connectivity index (χ2v) is 4.45. The first-order valence-corrected chi connectivity index (χ1v) is 5.76. The van der Waals surface area contributed by atoms with Crippen LogP contribution >= 0.6 is 0 Å². The number of fused-ring (bicyclic) bond motifs is 1. The van der Waals surface area contributed by atoms with Crippen molar-refractivity contribution in [1.29, 1.82) is 0 Å². The van der Waals surface area contributed by atoms with Crippen LogP contribution in [0.4, 0.5) is 11.4 Å². The lowest BCUT2D eigenvalue weighted by Crippen LogP contribution is -2.04. The van der Waals surface area contributed by atoms with Gasteiger partial charge < -0.3 is 5.73 Å². The third kappa shape index (κ3) is 1.72. The Hall–Kier alpha value is -2.09. The van der Waals surface area contributed by atoms with E-state index in [0.29, 0.717) is 0 Å². The Morgan fingerprint density at radius 3 is 2.76 bits per heavy atom. The topological polar surface area (TPSA) is 38.4 Å². The van der Waals surface area contributed by atoms with Crippen LogP contribution in [0.2, 0.25) is 0 Å². The SMILES string of the molecule is Cc1ccc2c(c1)N=C(c1ccccc1N)C2. The van der Waals surface area contributed by atoms with E-state index < -0.39 is 0 Å². The predicted octanol–water partition coefficient (Wildman–Crippen LogP) is 3.25. The van der Waals surface area contributed by atoms with Crippen molar-refractivity contribution >= 4 is 17.1 Å². The maximum absolute atomic E-state index is 5.98. The summed E-state index contributed by atoms with van der Waals surface area (Å²) in [7, 11) is 0. The number of aliphatic imine (C=N–C) groups is 1. The average molecular weight is 222 g/mol. The maximum Gasteiger partial charge on any atom is 0.0671 e. The monoisotopic (exact) mass is 222 g/mol. The van der Waals surface area contributed by atoms with E-state index in [0.717, 1.165) is 29.1 Å². The number of benzene rings is 2. The molecule has 0 saturated heterocycles. The zero-order chi connectivity index (χ0) is 11.8. The Balaban J connectivity index is 2.05. The van der Waals surface area contributed by atoms with Crippen molar-refractivity contribution in [2.45, 2.75) is 13.3 Å². The first kappa shape index (κ1) is 10.1. The van der Waals surface area contributed by atoms with E-state index in [4.69, 9.17) is 5.73 Å². The highest BCUT2D eigenvalue weighted by molar-refractivity contribution is 6.09. The number of aryl methyl sites for hydroxylation is 1. The number of hydrogen-bond donors (Lipinski definition) is 1. The largest absolute Gasteiger partial charge is 0.398 e. The summed E-state index contributed by atoms with van der Waals surface area (Å²) in [5.41, 5.74) is 12.5. The van der Waals surface area contributed by atoms with Crippen molar-refractivity contribution < 1.29 is 0 Å². The zero-order valence-corrected chi connectivity index (χ0v) is 9.77. The summed E-state index contributed by atoms with van der Waals surface area (Å²) in [5, 5.41) is 0. The second kappa shape index (κ2) is 3.74. The highest BCUT2D eigenvalue weighted by Gasteiger charge is 2.17. The Morgan fingerprint density at radius 2 is 1.94 bits per heavy atom. The van der Waals surface area contributed by atoms with E-state index in [2.05, 4.69) is 30.1 Å². The minimum absolute atomic E-state index is 0.802. The lowest BCUT2D eigenvalue weighted by molar-refractivity contribution is 1.36. The van der Waals surface area contributed by atoms with Gasteiger partial charge in [0.05, 0.1) is 11.4 Å². The summed E-state index contributed by atoms with van der Waals surface area (Å²) in [4.78, 5) is 4.68. The first-order valence-electron chi connectivity index (χ1n) is 5.76. The van der Waals surface area contributed by atoms with Gasteiger partial charge in [-0.2, -0.15) is 0 Å². The van der Waals surface area contributed by atoms with Gasteiger partial charge in [-0.3, -0.25) is 4.99 Å². The van der Waals surface area contributed by atoms with E-state index in [1.165, 1.54) is 11.1 Å². The number of rotatable bonds is 1. The fraction of sp³-hybridized carbons (Fsp3) is 0.133. The molecule has 2 aromatic rings. The van der Waals surface area contributed by atoms with Crippen LogP contribution < -0.4 is 5.73 Å².